The Morgan fingerprint density at radius 2 is 2.00 bits per heavy atom. The van der Waals surface area contributed by atoms with Gasteiger partial charge in [-0.2, -0.15) is 11.8 Å². The maximum Gasteiger partial charge on any atom is 0.223 e. The molecule has 104 valence electrons. The van der Waals surface area contributed by atoms with Crippen LogP contribution in [0, 0.1) is 0 Å². The quantitative estimate of drug-likeness (QED) is 0.810. The van der Waals surface area contributed by atoms with Crippen molar-refractivity contribution >= 4 is 23.4 Å². The summed E-state index contributed by atoms with van der Waals surface area (Å²) in [4.78, 5) is 11.7. The van der Waals surface area contributed by atoms with E-state index in [-0.39, 0.29) is 5.91 Å². The Hall–Kier alpha value is -1.36. The van der Waals surface area contributed by atoms with Crippen LogP contribution in [0.1, 0.15) is 19.3 Å². The van der Waals surface area contributed by atoms with Gasteiger partial charge in [-0.1, -0.05) is 0 Å². The van der Waals surface area contributed by atoms with E-state index < -0.39 is 0 Å². The summed E-state index contributed by atoms with van der Waals surface area (Å²) >= 11 is 1.96. The second-order valence-electron chi connectivity index (χ2n) is 4.62. The second-order valence-corrected chi connectivity index (χ2v) is 5.85. The van der Waals surface area contributed by atoms with Crippen molar-refractivity contribution in [1.29, 1.82) is 0 Å². The van der Waals surface area contributed by atoms with E-state index in [1.54, 1.807) is 12.1 Å². The maximum absolute atomic E-state index is 11.7. The summed E-state index contributed by atoms with van der Waals surface area (Å²) in [5, 5.41) is 3.06. The van der Waals surface area contributed by atoms with Crippen LogP contribution in [0.3, 0.4) is 0 Å². The number of carbonyl (C=O) groups is 1. The molecule has 1 aromatic rings. The van der Waals surface area contributed by atoms with E-state index >= 15 is 0 Å². The van der Waals surface area contributed by atoms with Gasteiger partial charge in [0.1, 0.15) is 5.75 Å². The molecule has 19 heavy (non-hydrogen) atoms. The number of hydrogen-bond acceptors (Lipinski definition) is 4. The molecule has 0 unspecified atom stereocenters. The summed E-state index contributed by atoms with van der Waals surface area (Å²) in [5.74, 6) is 3.11. The molecule has 0 saturated carbocycles. The van der Waals surface area contributed by atoms with Crippen LogP contribution in [0.4, 0.5) is 5.69 Å². The molecule has 1 aliphatic heterocycles. The lowest BCUT2D eigenvalue weighted by Crippen LogP contribution is -2.37. The zero-order valence-corrected chi connectivity index (χ0v) is 11.7. The number of nitrogen functional groups attached to an aromatic ring is 1. The van der Waals surface area contributed by atoms with Crippen molar-refractivity contribution in [3.05, 3.63) is 24.3 Å². The van der Waals surface area contributed by atoms with Gasteiger partial charge in [-0.15, -0.1) is 0 Å². The van der Waals surface area contributed by atoms with E-state index in [0.29, 0.717) is 24.8 Å². The molecule has 1 saturated heterocycles. The highest BCUT2D eigenvalue weighted by molar-refractivity contribution is 7.99. The Morgan fingerprint density at radius 3 is 2.68 bits per heavy atom. The normalized spacial score (nSPS) is 16.0. The first kappa shape index (κ1) is 14.1. The summed E-state index contributed by atoms with van der Waals surface area (Å²) in [6, 6.07) is 7.55. The number of nitrogens with one attached hydrogen (secondary N) is 1. The minimum absolute atomic E-state index is 0.0762. The predicted octanol–water partition coefficient (Wildman–Crippen LogP) is 2.05. The van der Waals surface area contributed by atoms with Crippen molar-refractivity contribution < 1.29 is 9.53 Å². The second kappa shape index (κ2) is 7.28. The van der Waals surface area contributed by atoms with E-state index in [9.17, 15) is 4.79 Å². The van der Waals surface area contributed by atoms with Crippen molar-refractivity contribution in [3.8, 4) is 5.75 Å². The van der Waals surface area contributed by atoms with Crippen LogP contribution in [-0.2, 0) is 4.79 Å². The maximum atomic E-state index is 11.7. The highest BCUT2D eigenvalue weighted by Crippen LogP contribution is 2.17. The van der Waals surface area contributed by atoms with Crippen LogP contribution in [0.2, 0.25) is 0 Å². The molecule has 0 aliphatic carbocycles. The lowest BCUT2D eigenvalue weighted by atomic mass is 10.1. The van der Waals surface area contributed by atoms with Crippen molar-refractivity contribution in [1.82, 2.24) is 5.32 Å². The summed E-state index contributed by atoms with van der Waals surface area (Å²) in [7, 11) is 0. The van der Waals surface area contributed by atoms with E-state index in [1.165, 1.54) is 0 Å². The smallest absolute Gasteiger partial charge is 0.223 e. The van der Waals surface area contributed by atoms with E-state index in [4.69, 9.17) is 10.5 Å². The predicted molar refractivity (Wildman–Crippen MR) is 79.5 cm³/mol. The lowest BCUT2D eigenvalue weighted by Gasteiger charge is -2.22. The number of thioether (sulfide) groups is 1. The number of nitrogens with two attached hydrogens (primary N) is 1. The number of carbonyl (C=O) groups excluding carboxylic acids is 1. The van der Waals surface area contributed by atoms with E-state index in [1.807, 2.05) is 23.9 Å². The number of anilines is 1. The third-order valence-electron chi connectivity index (χ3n) is 3.06. The number of ether oxygens (including phenoxy) is 1. The first-order valence-electron chi connectivity index (χ1n) is 6.59. The summed E-state index contributed by atoms with van der Waals surface area (Å²) in [6.45, 7) is 0.400. The molecular weight excluding hydrogens is 260 g/mol. The topological polar surface area (TPSA) is 64.3 Å². The molecule has 2 rings (SSSR count). The Labute approximate surface area is 118 Å². The fourth-order valence-electron chi connectivity index (χ4n) is 1.97. The first-order chi connectivity index (χ1) is 9.24. The van der Waals surface area contributed by atoms with Crippen molar-refractivity contribution in [2.75, 3.05) is 23.8 Å². The molecule has 0 radical (unpaired) electrons. The largest absolute Gasteiger partial charge is 0.493 e. The molecular formula is C14H20N2O2S. The Morgan fingerprint density at radius 1 is 1.32 bits per heavy atom. The number of benzene rings is 1. The van der Waals surface area contributed by atoms with Crippen molar-refractivity contribution in [2.45, 2.75) is 25.3 Å². The Bertz CT molecular complexity index is 402. The van der Waals surface area contributed by atoms with Gasteiger partial charge in [-0.3, -0.25) is 4.79 Å². The highest BCUT2D eigenvalue weighted by Gasteiger charge is 2.15. The number of hydrogen-bond donors (Lipinski definition) is 2. The summed E-state index contributed by atoms with van der Waals surface area (Å²) in [5.41, 5.74) is 6.29. The van der Waals surface area contributed by atoms with Gasteiger partial charge >= 0.3 is 0 Å². The molecule has 1 heterocycles. The molecule has 0 bridgehead atoms. The molecule has 1 amide bonds. The fraction of sp³-hybridized carbons (Fsp3) is 0.500. The van der Waals surface area contributed by atoms with Crippen molar-refractivity contribution in [3.63, 3.8) is 0 Å². The Kier molecular flexibility index (Phi) is 5.39. The van der Waals surface area contributed by atoms with Crippen LogP contribution < -0.4 is 15.8 Å². The summed E-state index contributed by atoms with van der Waals surface area (Å²) in [6.07, 6.45) is 2.55. The molecule has 5 heteroatoms. The molecule has 1 fully saturated rings. The summed E-state index contributed by atoms with van der Waals surface area (Å²) < 4.78 is 5.50. The zero-order chi connectivity index (χ0) is 13.5. The zero-order valence-electron chi connectivity index (χ0n) is 10.9. The van der Waals surface area contributed by atoms with Crippen molar-refractivity contribution in [2.24, 2.45) is 0 Å². The van der Waals surface area contributed by atoms with Crippen LogP contribution in [0.25, 0.3) is 0 Å². The SMILES string of the molecule is Nc1ccc(OCCC(=O)NC2CCSCC2)cc1. The van der Waals surface area contributed by atoms with E-state index in [2.05, 4.69) is 5.32 Å². The third-order valence-corrected chi connectivity index (χ3v) is 4.11. The molecule has 3 N–H and O–H groups in total. The van der Waals surface area contributed by atoms with Gasteiger partial charge in [0.05, 0.1) is 13.0 Å². The van der Waals surface area contributed by atoms with E-state index in [0.717, 1.165) is 30.1 Å². The molecule has 4 nitrogen and oxygen atoms in total. The first-order valence-corrected chi connectivity index (χ1v) is 7.75. The average Bonchev–Trinajstić information content (AvgIpc) is 2.42. The number of rotatable bonds is 5. The van der Waals surface area contributed by atoms with Crippen LogP contribution in [-0.4, -0.2) is 30.1 Å². The van der Waals surface area contributed by atoms with Crippen LogP contribution in [0.15, 0.2) is 24.3 Å². The van der Waals surface area contributed by atoms with Crippen LogP contribution in [0.5, 0.6) is 5.75 Å². The molecule has 1 aliphatic rings. The molecule has 0 atom stereocenters. The minimum Gasteiger partial charge on any atom is -0.493 e. The third kappa shape index (κ3) is 5.03. The lowest BCUT2D eigenvalue weighted by molar-refractivity contribution is -0.122. The number of amides is 1. The van der Waals surface area contributed by atoms with Gasteiger partial charge in [0.25, 0.3) is 0 Å². The van der Waals surface area contributed by atoms with Gasteiger partial charge in [0.15, 0.2) is 0 Å². The van der Waals surface area contributed by atoms with Gasteiger partial charge in [0, 0.05) is 11.7 Å². The average molecular weight is 280 g/mol. The standard InChI is InChI=1S/C14H20N2O2S/c15-11-1-3-13(4-2-11)18-8-5-14(17)16-12-6-9-19-10-7-12/h1-4,12H,5-10,15H2,(H,16,17). The minimum atomic E-state index is 0.0762. The van der Waals surface area contributed by atoms with Gasteiger partial charge in [-0.25, -0.2) is 0 Å². The molecule has 0 spiro atoms. The van der Waals surface area contributed by atoms with Gasteiger partial charge in [-0.05, 0) is 48.6 Å². The van der Waals surface area contributed by atoms with Gasteiger partial charge in [0.2, 0.25) is 5.91 Å². The molecule has 1 aromatic carbocycles. The fourth-order valence-corrected chi connectivity index (χ4v) is 3.07. The van der Waals surface area contributed by atoms with Crippen LogP contribution >= 0.6 is 11.8 Å². The Balaban J connectivity index is 1.64. The monoisotopic (exact) mass is 280 g/mol. The highest BCUT2D eigenvalue weighted by atomic mass is 32.2. The molecule has 0 aromatic heterocycles. The van der Waals surface area contributed by atoms with Gasteiger partial charge < -0.3 is 15.8 Å².